The molecule has 0 saturated heterocycles. The van der Waals surface area contributed by atoms with Gasteiger partial charge in [-0.1, -0.05) is 13.8 Å². The molecular formula is C16H23N5O. The van der Waals surface area contributed by atoms with Crippen molar-refractivity contribution in [1.29, 1.82) is 0 Å². The van der Waals surface area contributed by atoms with E-state index in [1.54, 1.807) is 0 Å². The molecule has 1 aliphatic heterocycles. The molecule has 1 N–H and O–H groups in total. The Balaban J connectivity index is 1.80. The fraction of sp³-hybridized carbons (Fsp3) is 0.562. The molecule has 118 valence electrons. The van der Waals surface area contributed by atoms with Crippen LogP contribution in [0.2, 0.25) is 0 Å². The maximum absolute atomic E-state index is 12.3. The molecule has 0 spiro atoms. The predicted octanol–water partition coefficient (Wildman–Crippen LogP) is 1.49. The number of nitrogens with zero attached hydrogens (tertiary/aromatic N) is 4. The van der Waals surface area contributed by atoms with E-state index in [0.29, 0.717) is 6.54 Å². The van der Waals surface area contributed by atoms with Gasteiger partial charge in [0.05, 0.1) is 17.0 Å². The van der Waals surface area contributed by atoms with Crippen molar-refractivity contribution in [3.05, 3.63) is 44.9 Å². The molecule has 3 heterocycles. The Morgan fingerprint density at radius 3 is 2.82 bits per heavy atom. The largest absolute Gasteiger partial charge is 0.310 e. The van der Waals surface area contributed by atoms with Crippen LogP contribution in [0, 0.1) is 6.92 Å². The molecule has 0 radical (unpaired) electrons. The number of rotatable bonds is 3. The highest BCUT2D eigenvalue weighted by atomic mass is 16.1. The third-order valence-electron chi connectivity index (χ3n) is 4.26. The fourth-order valence-electron chi connectivity index (χ4n) is 2.85. The van der Waals surface area contributed by atoms with Gasteiger partial charge in [0.2, 0.25) is 0 Å². The van der Waals surface area contributed by atoms with Gasteiger partial charge in [-0.2, -0.15) is 5.10 Å². The summed E-state index contributed by atoms with van der Waals surface area (Å²) in [7, 11) is 1.95. The van der Waals surface area contributed by atoms with Crippen LogP contribution in [0.4, 0.5) is 0 Å². The highest BCUT2D eigenvalue weighted by Gasteiger charge is 2.22. The van der Waals surface area contributed by atoms with Crippen molar-refractivity contribution in [3.8, 4) is 0 Å². The smallest absolute Gasteiger partial charge is 0.255 e. The van der Waals surface area contributed by atoms with E-state index < -0.39 is 0 Å². The van der Waals surface area contributed by atoms with E-state index in [2.05, 4.69) is 26.0 Å². The molecule has 3 rings (SSSR count). The molecule has 0 amide bonds. The van der Waals surface area contributed by atoms with Crippen LogP contribution in [0.15, 0.2) is 10.9 Å². The van der Waals surface area contributed by atoms with E-state index in [-0.39, 0.29) is 11.5 Å². The Bertz CT molecular complexity index is 724. The van der Waals surface area contributed by atoms with Gasteiger partial charge < -0.3 is 4.98 Å². The quantitative estimate of drug-likeness (QED) is 0.933. The van der Waals surface area contributed by atoms with Crippen molar-refractivity contribution >= 4 is 0 Å². The van der Waals surface area contributed by atoms with Gasteiger partial charge >= 0.3 is 0 Å². The molecule has 0 aliphatic carbocycles. The van der Waals surface area contributed by atoms with Gasteiger partial charge in [-0.3, -0.25) is 14.4 Å². The molecule has 6 heteroatoms. The summed E-state index contributed by atoms with van der Waals surface area (Å²) in [6, 6.07) is 2.10. The SMILES string of the molecule is Cc1cc(CN2CCc3nc(C(C)C)[nH]c(=O)c3C2)nn1C. The van der Waals surface area contributed by atoms with Gasteiger partial charge in [0.1, 0.15) is 5.82 Å². The molecule has 0 atom stereocenters. The second-order valence-electron chi connectivity index (χ2n) is 6.39. The van der Waals surface area contributed by atoms with Crippen molar-refractivity contribution in [1.82, 2.24) is 24.6 Å². The molecule has 1 aliphatic rings. The van der Waals surface area contributed by atoms with E-state index in [1.165, 1.54) is 0 Å². The van der Waals surface area contributed by atoms with Gasteiger partial charge in [-0.15, -0.1) is 0 Å². The summed E-state index contributed by atoms with van der Waals surface area (Å²) < 4.78 is 1.89. The van der Waals surface area contributed by atoms with Gasteiger partial charge in [0.15, 0.2) is 0 Å². The van der Waals surface area contributed by atoms with Crippen molar-refractivity contribution in [2.45, 2.75) is 46.2 Å². The third-order valence-corrected chi connectivity index (χ3v) is 4.26. The maximum Gasteiger partial charge on any atom is 0.255 e. The third kappa shape index (κ3) is 2.83. The summed E-state index contributed by atoms with van der Waals surface area (Å²) in [6.45, 7) is 8.46. The second kappa shape index (κ2) is 5.68. The molecule has 22 heavy (non-hydrogen) atoms. The average Bonchev–Trinajstić information content (AvgIpc) is 2.77. The van der Waals surface area contributed by atoms with Crippen LogP contribution in [-0.2, 0) is 26.6 Å². The molecule has 2 aromatic heterocycles. The lowest BCUT2D eigenvalue weighted by Gasteiger charge is -2.27. The van der Waals surface area contributed by atoms with Crippen molar-refractivity contribution in [2.24, 2.45) is 7.05 Å². The number of H-pyrrole nitrogens is 1. The zero-order chi connectivity index (χ0) is 15.9. The van der Waals surface area contributed by atoms with Gasteiger partial charge in [-0.05, 0) is 13.0 Å². The molecule has 0 saturated carbocycles. The standard InChI is InChI=1S/C16H23N5O/c1-10(2)15-17-14-5-6-21(9-13(14)16(22)18-15)8-12-7-11(3)20(4)19-12/h7,10H,5-6,8-9H2,1-4H3,(H,17,18,22). The number of fused-ring (bicyclic) bond motifs is 1. The molecule has 2 aromatic rings. The monoisotopic (exact) mass is 301 g/mol. The van der Waals surface area contributed by atoms with Crippen LogP contribution in [0.5, 0.6) is 0 Å². The first-order chi connectivity index (χ1) is 10.4. The van der Waals surface area contributed by atoms with E-state index >= 15 is 0 Å². The number of aromatic amines is 1. The molecule has 0 aromatic carbocycles. The highest BCUT2D eigenvalue weighted by molar-refractivity contribution is 5.22. The number of hydrogen-bond acceptors (Lipinski definition) is 4. The minimum absolute atomic E-state index is 0.00982. The Labute approximate surface area is 130 Å². The highest BCUT2D eigenvalue weighted by Crippen LogP contribution is 2.18. The number of nitrogens with one attached hydrogen (secondary N) is 1. The molecule has 0 bridgehead atoms. The predicted molar refractivity (Wildman–Crippen MR) is 84.7 cm³/mol. The summed E-state index contributed by atoms with van der Waals surface area (Å²) in [5.74, 6) is 1.03. The second-order valence-corrected chi connectivity index (χ2v) is 6.39. The first-order valence-electron chi connectivity index (χ1n) is 7.78. The van der Waals surface area contributed by atoms with Gasteiger partial charge in [0, 0.05) is 44.7 Å². The van der Waals surface area contributed by atoms with E-state index in [9.17, 15) is 4.79 Å². The topological polar surface area (TPSA) is 66.8 Å². The number of aryl methyl sites for hydroxylation is 2. The summed E-state index contributed by atoms with van der Waals surface area (Å²) >= 11 is 0. The molecule has 0 fully saturated rings. The number of aromatic nitrogens is 4. The molecule has 6 nitrogen and oxygen atoms in total. The van der Waals surface area contributed by atoms with E-state index in [4.69, 9.17) is 0 Å². The van der Waals surface area contributed by atoms with Crippen LogP contribution in [-0.4, -0.2) is 31.2 Å². The minimum atomic E-state index is 0.00982. The van der Waals surface area contributed by atoms with Crippen LogP contribution in [0.25, 0.3) is 0 Å². The Morgan fingerprint density at radius 1 is 1.41 bits per heavy atom. The summed E-state index contributed by atoms with van der Waals surface area (Å²) in [5, 5.41) is 4.49. The fourth-order valence-corrected chi connectivity index (χ4v) is 2.85. The van der Waals surface area contributed by atoms with Crippen molar-refractivity contribution in [2.75, 3.05) is 6.54 Å². The van der Waals surface area contributed by atoms with Crippen LogP contribution in [0.1, 0.15) is 48.2 Å². The zero-order valence-electron chi connectivity index (χ0n) is 13.7. The Morgan fingerprint density at radius 2 is 2.18 bits per heavy atom. The van der Waals surface area contributed by atoms with Gasteiger partial charge in [0.25, 0.3) is 5.56 Å². The van der Waals surface area contributed by atoms with Crippen LogP contribution in [0.3, 0.4) is 0 Å². The molecular weight excluding hydrogens is 278 g/mol. The summed E-state index contributed by atoms with van der Waals surface area (Å²) in [4.78, 5) is 22.1. The van der Waals surface area contributed by atoms with Gasteiger partial charge in [-0.25, -0.2) is 4.98 Å². The van der Waals surface area contributed by atoms with Crippen LogP contribution >= 0.6 is 0 Å². The first kappa shape index (κ1) is 15.0. The lowest BCUT2D eigenvalue weighted by atomic mass is 10.1. The maximum atomic E-state index is 12.3. The average molecular weight is 301 g/mol. The lowest BCUT2D eigenvalue weighted by molar-refractivity contribution is 0.238. The summed E-state index contributed by atoms with van der Waals surface area (Å²) in [5.41, 5.74) is 3.97. The van der Waals surface area contributed by atoms with Crippen LogP contribution < -0.4 is 5.56 Å². The van der Waals surface area contributed by atoms with E-state index in [0.717, 1.165) is 48.0 Å². The zero-order valence-corrected chi connectivity index (χ0v) is 13.7. The molecule has 0 unspecified atom stereocenters. The van der Waals surface area contributed by atoms with Crippen molar-refractivity contribution < 1.29 is 0 Å². The Kier molecular flexibility index (Phi) is 3.87. The normalized spacial score (nSPS) is 15.3. The van der Waals surface area contributed by atoms with E-state index in [1.807, 2.05) is 32.5 Å². The van der Waals surface area contributed by atoms with Crippen molar-refractivity contribution in [3.63, 3.8) is 0 Å². The first-order valence-corrected chi connectivity index (χ1v) is 7.78. The minimum Gasteiger partial charge on any atom is -0.310 e. The summed E-state index contributed by atoms with van der Waals surface area (Å²) in [6.07, 6.45) is 0.824. The lowest BCUT2D eigenvalue weighted by Crippen LogP contribution is -2.36. The number of hydrogen-bond donors (Lipinski definition) is 1. The Hall–Kier alpha value is -1.95.